The first-order valence-electron chi connectivity index (χ1n) is 7.73. The SMILES string of the molecule is CC(C)CNCC1CCC1Cc1cccc(C(F)(F)F)c1. The van der Waals surface area contributed by atoms with Crippen molar-refractivity contribution in [3.63, 3.8) is 0 Å². The van der Waals surface area contributed by atoms with E-state index in [0.29, 0.717) is 17.8 Å². The zero-order valence-electron chi connectivity index (χ0n) is 12.7. The lowest BCUT2D eigenvalue weighted by Crippen LogP contribution is -2.37. The Hall–Kier alpha value is -1.03. The fraction of sp³-hybridized carbons (Fsp3) is 0.647. The van der Waals surface area contributed by atoms with Gasteiger partial charge >= 0.3 is 6.18 Å². The second-order valence-electron chi connectivity index (χ2n) is 6.55. The van der Waals surface area contributed by atoms with Crippen LogP contribution in [0.5, 0.6) is 0 Å². The third-order valence-electron chi connectivity index (χ3n) is 4.29. The third kappa shape index (κ3) is 4.73. The lowest BCUT2D eigenvalue weighted by atomic mass is 9.70. The average molecular weight is 299 g/mol. The van der Waals surface area contributed by atoms with E-state index in [9.17, 15) is 13.2 Å². The first kappa shape index (κ1) is 16.3. The molecule has 1 N–H and O–H groups in total. The number of hydrogen-bond donors (Lipinski definition) is 1. The van der Waals surface area contributed by atoms with Gasteiger partial charge in [0.25, 0.3) is 0 Å². The van der Waals surface area contributed by atoms with Gasteiger partial charge in [0.2, 0.25) is 0 Å². The van der Waals surface area contributed by atoms with Crippen LogP contribution in [0.15, 0.2) is 24.3 Å². The van der Waals surface area contributed by atoms with Gasteiger partial charge in [0, 0.05) is 0 Å². The molecule has 0 radical (unpaired) electrons. The Balaban J connectivity index is 1.87. The van der Waals surface area contributed by atoms with E-state index in [2.05, 4.69) is 19.2 Å². The fourth-order valence-electron chi connectivity index (χ4n) is 2.91. The summed E-state index contributed by atoms with van der Waals surface area (Å²) in [4.78, 5) is 0. The van der Waals surface area contributed by atoms with Gasteiger partial charge in [-0.2, -0.15) is 13.2 Å². The molecule has 0 saturated heterocycles. The van der Waals surface area contributed by atoms with Crippen molar-refractivity contribution in [1.82, 2.24) is 5.32 Å². The molecule has 1 aromatic rings. The topological polar surface area (TPSA) is 12.0 Å². The number of hydrogen-bond acceptors (Lipinski definition) is 1. The van der Waals surface area contributed by atoms with Gasteiger partial charge in [-0.3, -0.25) is 0 Å². The van der Waals surface area contributed by atoms with Gasteiger partial charge in [-0.1, -0.05) is 32.0 Å². The molecule has 2 unspecified atom stereocenters. The molecule has 1 fully saturated rings. The smallest absolute Gasteiger partial charge is 0.316 e. The van der Waals surface area contributed by atoms with Gasteiger partial charge < -0.3 is 5.32 Å². The molecule has 0 heterocycles. The number of nitrogens with one attached hydrogen (secondary N) is 1. The van der Waals surface area contributed by atoms with E-state index < -0.39 is 11.7 Å². The van der Waals surface area contributed by atoms with E-state index >= 15 is 0 Å². The predicted octanol–water partition coefficient (Wildman–Crippen LogP) is 4.52. The number of alkyl halides is 3. The van der Waals surface area contributed by atoms with Crippen LogP contribution < -0.4 is 5.32 Å². The number of benzene rings is 1. The highest BCUT2D eigenvalue weighted by Crippen LogP contribution is 2.37. The van der Waals surface area contributed by atoms with Crippen LogP contribution in [-0.2, 0) is 12.6 Å². The molecular formula is C17H24F3N. The first-order chi connectivity index (χ1) is 9.86. The lowest BCUT2D eigenvalue weighted by molar-refractivity contribution is -0.137. The molecule has 0 aromatic heterocycles. The van der Waals surface area contributed by atoms with Crippen molar-refractivity contribution in [3.8, 4) is 0 Å². The minimum atomic E-state index is -4.24. The van der Waals surface area contributed by atoms with E-state index in [1.807, 2.05) is 6.07 Å². The minimum Gasteiger partial charge on any atom is -0.316 e. The summed E-state index contributed by atoms with van der Waals surface area (Å²) < 4.78 is 38.1. The molecule has 0 amide bonds. The van der Waals surface area contributed by atoms with Crippen molar-refractivity contribution in [2.24, 2.45) is 17.8 Å². The van der Waals surface area contributed by atoms with Crippen LogP contribution in [0, 0.1) is 17.8 Å². The van der Waals surface area contributed by atoms with Crippen molar-refractivity contribution in [2.75, 3.05) is 13.1 Å². The largest absolute Gasteiger partial charge is 0.416 e. The summed E-state index contributed by atoms with van der Waals surface area (Å²) >= 11 is 0. The predicted molar refractivity (Wildman–Crippen MR) is 79.1 cm³/mol. The van der Waals surface area contributed by atoms with E-state index in [1.165, 1.54) is 18.6 Å². The zero-order chi connectivity index (χ0) is 15.5. The summed E-state index contributed by atoms with van der Waals surface area (Å²) in [5.74, 6) is 1.76. The van der Waals surface area contributed by atoms with E-state index in [-0.39, 0.29) is 0 Å². The molecule has 1 nitrogen and oxygen atoms in total. The van der Waals surface area contributed by atoms with E-state index in [0.717, 1.165) is 37.6 Å². The van der Waals surface area contributed by atoms with E-state index in [4.69, 9.17) is 0 Å². The summed E-state index contributed by atoms with van der Waals surface area (Å²) in [5, 5.41) is 3.46. The monoisotopic (exact) mass is 299 g/mol. The molecule has 2 rings (SSSR count). The molecular weight excluding hydrogens is 275 g/mol. The molecule has 118 valence electrons. The third-order valence-corrected chi connectivity index (χ3v) is 4.29. The van der Waals surface area contributed by atoms with Gasteiger partial charge in [0.1, 0.15) is 0 Å². The lowest BCUT2D eigenvalue weighted by Gasteiger charge is -2.37. The number of halogens is 3. The highest BCUT2D eigenvalue weighted by Gasteiger charge is 2.32. The summed E-state index contributed by atoms with van der Waals surface area (Å²) in [6.07, 6.45) is -1.16. The van der Waals surface area contributed by atoms with E-state index in [1.54, 1.807) is 0 Å². The zero-order valence-corrected chi connectivity index (χ0v) is 12.7. The van der Waals surface area contributed by atoms with Crippen molar-refractivity contribution in [1.29, 1.82) is 0 Å². The van der Waals surface area contributed by atoms with Gasteiger partial charge in [-0.15, -0.1) is 0 Å². The van der Waals surface area contributed by atoms with Crippen molar-refractivity contribution >= 4 is 0 Å². The molecule has 1 aliphatic rings. The highest BCUT2D eigenvalue weighted by molar-refractivity contribution is 5.26. The van der Waals surface area contributed by atoms with Crippen LogP contribution in [0.25, 0.3) is 0 Å². The summed E-state index contributed by atoms with van der Waals surface area (Å²) in [7, 11) is 0. The van der Waals surface area contributed by atoms with Crippen molar-refractivity contribution in [2.45, 2.75) is 39.3 Å². The maximum atomic E-state index is 12.7. The van der Waals surface area contributed by atoms with Crippen LogP contribution in [0.1, 0.15) is 37.8 Å². The maximum Gasteiger partial charge on any atom is 0.416 e. The van der Waals surface area contributed by atoms with Gasteiger partial charge in [-0.05, 0) is 61.7 Å². The normalized spacial score (nSPS) is 22.4. The molecule has 1 aliphatic carbocycles. The fourth-order valence-corrected chi connectivity index (χ4v) is 2.91. The Morgan fingerprint density at radius 2 is 1.90 bits per heavy atom. The average Bonchev–Trinajstić information content (AvgIpc) is 2.39. The molecule has 4 heteroatoms. The molecule has 21 heavy (non-hydrogen) atoms. The molecule has 1 aromatic carbocycles. The summed E-state index contributed by atoms with van der Waals surface area (Å²) in [5.41, 5.74) is 0.275. The minimum absolute atomic E-state index is 0.521. The number of rotatable bonds is 6. The van der Waals surface area contributed by atoms with Gasteiger partial charge in [-0.25, -0.2) is 0 Å². The second-order valence-corrected chi connectivity index (χ2v) is 6.55. The van der Waals surface area contributed by atoms with Crippen LogP contribution in [0.4, 0.5) is 13.2 Å². The van der Waals surface area contributed by atoms with Crippen LogP contribution >= 0.6 is 0 Å². The molecule has 2 atom stereocenters. The Bertz CT molecular complexity index is 454. The summed E-state index contributed by atoms with van der Waals surface area (Å²) in [6.45, 7) is 6.34. The first-order valence-corrected chi connectivity index (χ1v) is 7.73. The Kier molecular flexibility index (Phi) is 5.31. The molecule has 0 spiro atoms. The standard InChI is InChI=1S/C17H24F3N/c1-12(2)10-21-11-15-7-6-14(15)8-13-4-3-5-16(9-13)17(18,19)20/h3-5,9,12,14-15,21H,6-8,10-11H2,1-2H3. The molecule has 1 saturated carbocycles. The summed E-state index contributed by atoms with van der Waals surface area (Å²) in [6, 6.07) is 5.78. The Labute approximate surface area is 124 Å². The maximum absolute atomic E-state index is 12.7. The molecule has 0 aliphatic heterocycles. The van der Waals surface area contributed by atoms with Crippen molar-refractivity contribution < 1.29 is 13.2 Å². The van der Waals surface area contributed by atoms with Crippen LogP contribution in [-0.4, -0.2) is 13.1 Å². The van der Waals surface area contributed by atoms with Gasteiger partial charge in [0.05, 0.1) is 5.56 Å². The van der Waals surface area contributed by atoms with Crippen molar-refractivity contribution in [3.05, 3.63) is 35.4 Å². The quantitative estimate of drug-likeness (QED) is 0.814. The van der Waals surface area contributed by atoms with Crippen LogP contribution in [0.3, 0.4) is 0 Å². The second kappa shape index (κ2) is 6.82. The molecule has 0 bridgehead atoms. The van der Waals surface area contributed by atoms with Gasteiger partial charge in [0.15, 0.2) is 0 Å². The Morgan fingerprint density at radius 1 is 1.19 bits per heavy atom. The Morgan fingerprint density at radius 3 is 2.48 bits per heavy atom. The van der Waals surface area contributed by atoms with Crippen LogP contribution in [0.2, 0.25) is 0 Å². The highest BCUT2D eigenvalue weighted by atomic mass is 19.4.